The lowest BCUT2D eigenvalue weighted by Gasteiger charge is -2.11. The van der Waals surface area contributed by atoms with Gasteiger partial charge in [-0.25, -0.2) is 4.79 Å². The summed E-state index contributed by atoms with van der Waals surface area (Å²) >= 11 is 0. The van der Waals surface area contributed by atoms with Crippen molar-refractivity contribution in [2.24, 2.45) is 5.10 Å². The summed E-state index contributed by atoms with van der Waals surface area (Å²) in [5, 5.41) is 5.73. The Morgan fingerprint density at radius 2 is 1.75 bits per heavy atom. The Kier molecular flexibility index (Phi) is 4.24. The number of carbonyl (C=O) groups is 2. The third-order valence-corrected chi connectivity index (χ3v) is 3.71. The number of esters is 1. The molecule has 1 aliphatic heterocycles. The van der Waals surface area contributed by atoms with E-state index >= 15 is 0 Å². The van der Waals surface area contributed by atoms with Gasteiger partial charge in [0.05, 0.1) is 29.6 Å². The van der Waals surface area contributed by atoms with E-state index < -0.39 is 0 Å². The highest BCUT2D eigenvalue weighted by Crippen LogP contribution is 2.24. The lowest BCUT2D eigenvalue weighted by Crippen LogP contribution is -2.21. The fourth-order valence-electron chi connectivity index (χ4n) is 2.43. The van der Waals surface area contributed by atoms with E-state index in [2.05, 4.69) is 9.84 Å². The zero-order valence-electron chi connectivity index (χ0n) is 13.4. The zero-order chi connectivity index (χ0) is 17.1. The van der Waals surface area contributed by atoms with Crippen molar-refractivity contribution >= 4 is 29.4 Å². The lowest BCUT2D eigenvalue weighted by atomic mass is 10.1. The number of benzene rings is 2. The predicted octanol–water partition coefficient (Wildman–Crippen LogP) is 3.28. The fourth-order valence-corrected chi connectivity index (χ4v) is 2.43. The van der Waals surface area contributed by atoms with Gasteiger partial charge in [0.15, 0.2) is 0 Å². The summed E-state index contributed by atoms with van der Waals surface area (Å²) in [5.41, 5.74) is 3.20. The van der Waals surface area contributed by atoms with E-state index in [9.17, 15) is 9.59 Å². The molecule has 5 heteroatoms. The van der Waals surface area contributed by atoms with Crippen LogP contribution in [0.25, 0.3) is 6.08 Å². The minimum absolute atomic E-state index is 0.171. The van der Waals surface area contributed by atoms with Crippen LogP contribution in [0.4, 0.5) is 5.69 Å². The maximum atomic E-state index is 12.6. The van der Waals surface area contributed by atoms with Crippen molar-refractivity contribution < 1.29 is 14.3 Å². The number of para-hydroxylation sites is 1. The van der Waals surface area contributed by atoms with Crippen molar-refractivity contribution in [3.05, 3.63) is 71.3 Å². The molecule has 0 atom stereocenters. The predicted molar refractivity (Wildman–Crippen MR) is 92.8 cm³/mol. The summed E-state index contributed by atoms with van der Waals surface area (Å²) in [5.74, 6) is -0.560. The number of nitrogens with zero attached hydrogens (tertiary/aromatic N) is 2. The number of ether oxygens (including phenoxy) is 1. The molecule has 0 radical (unpaired) electrons. The number of hydrogen-bond donors (Lipinski definition) is 0. The molecule has 0 aliphatic carbocycles. The van der Waals surface area contributed by atoms with Crippen molar-refractivity contribution in [2.75, 3.05) is 12.1 Å². The highest BCUT2D eigenvalue weighted by Gasteiger charge is 2.28. The zero-order valence-corrected chi connectivity index (χ0v) is 13.4. The van der Waals surface area contributed by atoms with Gasteiger partial charge in [0.1, 0.15) is 0 Å². The second-order valence-electron chi connectivity index (χ2n) is 5.31. The Bertz CT molecular complexity index is 837. The first-order valence-corrected chi connectivity index (χ1v) is 7.45. The number of amides is 1. The molecule has 1 aliphatic rings. The van der Waals surface area contributed by atoms with E-state index in [4.69, 9.17) is 0 Å². The maximum absolute atomic E-state index is 12.6. The van der Waals surface area contributed by atoms with Crippen molar-refractivity contribution in [3.63, 3.8) is 0 Å². The quantitative estimate of drug-likeness (QED) is 0.644. The molecule has 120 valence electrons. The molecule has 0 saturated carbocycles. The molecule has 5 nitrogen and oxygen atoms in total. The Labute approximate surface area is 139 Å². The summed E-state index contributed by atoms with van der Waals surface area (Å²) in [6.07, 6.45) is 1.77. The molecule has 0 fully saturated rings. The molecule has 0 unspecified atom stereocenters. The van der Waals surface area contributed by atoms with Gasteiger partial charge in [-0.2, -0.15) is 10.1 Å². The minimum Gasteiger partial charge on any atom is -0.465 e. The van der Waals surface area contributed by atoms with Crippen LogP contribution in [0, 0.1) is 0 Å². The highest BCUT2D eigenvalue weighted by atomic mass is 16.5. The molecule has 1 amide bonds. The highest BCUT2D eigenvalue weighted by molar-refractivity contribution is 6.32. The summed E-state index contributed by atoms with van der Waals surface area (Å²) in [7, 11) is 1.34. The molecule has 0 aromatic heterocycles. The van der Waals surface area contributed by atoms with Crippen LogP contribution in [0.5, 0.6) is 0 Å². The summed E-state index contributed by atoms with van der Waals surface area (Å²) in [6, 6.07) is 16.2. The Morgan fingerprint density at radius 1 is 1.08 bits per heavy atom. The summed E-state index contributed by atoms with van der Waals surface area (Å²) in [6.45, 7) is 1.80. The second kappa shape index (κ2) is 6.50. The van der Waals surface area contributed by atoms with Gasteiger partial charge in [-0.05, 0) is 42.8 Å². The van der Waals surface area contributed by atoms with Crippen LogP contribution in [-0.2, 0) is 9.53 Å². The van der Waals surface area contributed by atoms with Crippen LogP contribution in [0.3, 0.4) is 0 Å². The number of anilines is 1. The largest absolute Gasteiger partial charge is 0.465 e. The third-order valence-electron chi connectivity index (χ3n) is 3.71. The topological polar surface area (TPSA) is 59.0 Å². The molecular weight excluding hydrogens is 304 g/mol. The molecule has 2 aromatic rings. The second-order valence-corrected chi connectivity index (χ2v) is 5.31. The van der Waals surface area contributed by atoms with Gasteiger partial charge < -0.3 is 4.74 Å². The van der Waals surface area contributed by atoms with Crippen molar-refractivity contribution in [2.45, 2.75) is 6.92 Å². The first-order valence-electron chi connectivity index (χ1n) is 7.45. The lowest BCUT2D eigenvalue weighted by molar-refractivity contribution is -0.114. The maximum Gasteiger partial charge on any atom is 0.337 e. The standard InChI is InChI=1S/C19H16N2O3/c1-13-17(12-14-8-10-15(11-9-14)19(23)24-2)18(22)21(20-13)16-6-4-3-5-7-16/h3-12H,1-2H3/b17-12-. The number of rotatable bonds is 3. The minimum atomic E-state index is -0.390. The number of hydrogen-bond acceptors (Lipinski definition) is 4. The van der Waals surface area contributed by atoms with Crippen molar-refractivity contribution in [1.29, 1.82) is 0 Å². The van der Waals surface area contributed by atoms with Crippen LogP contribution < -0.4 is 5.01 Å². The van der Waals surface area contributed by atoms with E-state index in [0.29, 0.717) is 16.8 Å². The molecule has 0 bridgehead atoms. The summed E-state index contributed by atoms with van der Waals surface area (Å²) < 4.78 is 4.67. The van der Waals surface area contributed by atoms with Gasteiger partial charge in [0.25, 0.3) is 5.91 Å². The van der Waals surface area contributed by atoms with Gasteiger partial charge >= 0.3 is 5.97 Å². The molecule has 0 saturated heterocycles. The van der Waals surface area contributed by atoms with Gasteiger partial charge in [0.2, 0.25) is 0 Å². The molecule has 1 heterocycles. The molecule has 2 aromatic carbocycles. The van der Waals surface area contributed by atoms with Gasteiger partial charge in [0, 0.05) is 0 Å². The molecule has 3 rings (SSSR count). The molecular formula is C19H16N2O3. The average Bonchev–Trinajstić information content (AvgIpc) is 2.90. The van der Waals surface area contributed by atoms with Gasteiger partial charge in [-0.3, -0.25) is 4.79 Å². The Hall–Kier alpha value is -3.21. The third kappa shape index (κ3) is 2.96. The Morgan fingerprint density at radius 3 is 2.38 bits per heavy atom. The van der Waals surface area contributed by atoms with E-state index in [-0.39, 0.29) is 11.9 Å². The van der Waals surface area contributed by atoms with Crippen molar-refractivity contribution in [3.8, 4) is 0 Å². The number of hydrazone groups is 1. The molecule has 24 heavy (non-hydrogen) atoms. The summed E-state index contributed by atoms with van der Waals surface area (Å²) in [4.78, 5) is 24.1. The van der Waals surface area contributed by atoms with Crippen molar-refractivity contribution in [1.82, 2.24) is 0 Å². The first-order chi connectivity index (χ1) is 11.6. The van der Waals surface area contributed by atoms with Crippen LogP contribution in [0.2, 0.25) is 0 Å². The SMILES string of the molecule is COC(=O)c1ccc(/C=C2\C(=O)N(c3ccccc3)N=C2C)cc1. The number of methoxy groups -OCH3 is 1. The van der Waals surface area contributed by atoms with Crippen LogP contribution in [0.15, 0.2) is 65.3 Å². The number of carbonyl (C=O) groups excluding carboxylic acids is 2. The fraction of sp³-hybridized carbons (Fsp3) is 0.105. The van der Waals surface area contributed by atoms with E-state index in [1.54, 1.807) is 37.3 Å². The Balaban J connectivity index is 1.87. The van der Waals surface area contributed by atoms with Crippen LogP contribution in [0.1, 0.15) is 22.8 Å². The monoisotopic (exact) mass is 320 g/mol. The van der Waals surface area contributed by atoms with Gasteiger partial charge in [-0.15, -0.1) is 0 Å². The molecule has 0 spiro atoms. The van der Waals surface area contributed by atoms with Gasteiger partial charge in [-0.1, -0.05) is 30.3 Å². The van der Waals surface area contributed by atoms with E-state index in [0.717, 1.165) is 11.3 Å². The van der Waals surface area contributed by atoms with E-state index in [1.807, 2.05) is 30.3 Å². The van der Waals surface area contributed by atoms with Crippen LogP contribution >= 0.6 is 0 Å². The first kappa shape index (κ1) is 15.7. The van der Waals surface area contributed by atoms with Crippen LogP contribution in [-0.4, -0.2) is 24.7 Å². The normalized spacial score (nSPS) is 15.6. The average molecular weight is 320 g/mol. The van der Waals surface area contributed by atoms with E-state index in [1.165, 1.54) is 12.1 Å². The smallest absolute Gasteiger partial charge is 0.337 e. The molecule has 0 N–H and O–H groups in total.